The number of benzene rings is 3. The molecule has 1 saturated heterocycles. The fourth-order valence-electron chi connectivity index (χ4n) is 4.23. The third-order valence-electron chi connectivity index (χ3n) is 6.22. The molecule has 2 heterocycles. The highest BCUT2D eigenvalue weighted by molar-refractivity contribution is 8.19. The van der Waals surface area contributed by atoms with Gasteiger partial charge < -0.3 is 10.2 Å². The Balaban J connectivity index is 1.60. The van der Waals surface area contributed by atoms with E-state index < -0.39 is 6.04 Å². The third-order valence-corrected chi connectivity index (χ3v) is 8.66. The van der Waals surface area contributed by atoms with Gasteiger partial charge in [0.25, 0.3) is 5.91 Å². The van der Waals surface area contributed by atoms with Crippen LogP contribution >= 0.6 is 23.5 Å². The number of para-hydroxylation sites is 1. The molecular formula is C28H27N5O2S2. The van der Waals surface area contributed by atoms with Crippen molar-refractivity contribution in [2.75, 3.05) is 23.8 Å². The summed E-state index contributed by atoms with van der Waals surface area (Å²) in [6, 6.07) is 23.3. The van der Waals surface area contributed by atoms with Crippen LogP contribution in [0.1, 0.15) is 31.0 Å². The highest BCUT2D eigenvalue weighted by Gasteiger charge is 2.39. The largest absolute Gasteiger partial charge is 0.384 e. The van der Waals surface area contributed by atoms with E-state index in [0.29, 0.717) is 28.8 Å². The SMILES string of the molecule is CCNc1ccc(C(C)N=O)cc1N=C1SC(=C2Sc3ccccc3N2C)C(=O)N1Cc1ccccc1. The number of rotatable bonds is 7. The predicted octanol–water partition coefficient (Wildman–Crippen LogP) is 7.12. The minimum Gasteiger partial charge on any atom is -0.384 e. The van der Waals surface area contributed by atoms with Gasteiger partial charge in [0.2, 0.25) is 0 Å². The highest BCUT2D eigenvalue weighted by atomic mass is 32.2. The monoisotopic (exact) mass is 529 g/mol. The van der Waals surface area contributed by atoms with Gasteiger partial charge in [0.15, 0.2) is 5.17 Å². The highest BCUT2D eigenvalue weighted by Crippen LogP contribution is 2.50. The lowest BCUT2D eigenvalue weighted by Crippen LogP contribution is -2.29. The fraction of sp³-hybridized carbons (Fsp3) is 0.214. The molecule has 37 heavy (non-hydrogen) atoms. The summed E-state index contributed by atoms with van der Waals surface area (Å²) in [4.78, 5) is 35.7. The van der Waals surface area contributed by atoms with Crippen molar-refractivity contribution in [2.24, 2.45) is 10.2 Å². The number of thioether (sulfide) groups is 2. The molecular weight excluding hydrogens is 502 g/mol. The number of amidine groups is 1. The van der Waals surface area contributed by atoms with Gasteiger partial charge in [-0.1, -0.05) is 65.5 Å². The second-order valence-electron chi connectivity index (χ2n) is 8.72. The van der Waals surface area contributed by atoms with Crippen molar-refractivity contribution in [1.82, 2.24) is 4.90 Å². The number of nitrogens with one attached hydrogen (secondary N) is 1. The van der Waals surface area contributed by atoms with E-state index in [1.165, 1.54) is 11.8 Å². The molecule has 188 valence electrons. The molecule has 1 fully saturated rings. The summed E-state index contributed by atoms with van der Waals surface area (Å²) in [6.45, 7) is 4.90. The normalized spacial score (nSPS) is 18.9. The minimum absolute atomic E-state index is 0.0705. The lowest BCUT2D eigenvalue weighted by molar-refractivity contribution is -0.122. The maximum atomic E-state index is 13.9. The quantitative estimate of drug-likeness (QED) is 0.259. The number of carbonyl (C=O) groups excluding carboxylic acids is 1. The number of anilines is 2. The van der Waals surface area contributed by atoms with Crippen molar-refractivity contribution in [1.29, 1.82) is 0 Å². The molecule has 0 bridgehead atoms. The molecule has 2 aliphatic rings. The van der Waals surface area contributed by atoms with E-state index in [0.717, 1.165) is 32.4 Å². The van der Waals surface area contributed by atoms with E-state index in [-0.39, 0.29) is 5.91 Å². The van der Waals surface area contributed by atoms with Crippen LogP contribution in [0.25, 0.3) is 0 Å². The van der Waals surface area contributed by atoms with Gasteiger partial charge >= 0.3 is 0 Å². The number of hydrogen-bond acceptors (Lipinski definition) is 8. The van der Waals surface area contributed by atoms with Gasteiger partial charge in [-0.2, -0.15) is 4.91 Å². The topological polar surface area (TPSA) is 77.4 Å². The van der Waals surface area contributed by atoms with Crippen LogP contribution in [-0.4, -0.2) is 29.6 Å². The summed E-state index contributed by atoms with van der Waals surface area (Å²) < 4.78 is 0. The second-order valence-corrected chi connectivity index (χ2v) is 10.7. The predicted molar refractivity (Wildman–Crippen MR) is 154 cm³/mol. The van der Waals surface area contributed by atoms with E-state index in [9.17, 15) is 9.70 Å². The maximum absolute atomic E-state index is 13.9. The summed E-state index contributed by atoms with van der Waals surface area (Å²) >= 11 is 3.00. The summed E-state index contributed by atoms with van der Waals surface area (Å²) in [7, 11) is 1.99. The van der Waals surface area contributed by atoms with Crippen LogP contribution in [-0.2, 0) is 11.3 Å². The molecule has 1 amide bonds. The number of nitrogens with zero attached hydrogens (tertiary/aromatic N) is 4. The molecule has 3 aromatic rings. The molecule has 0 aliphatic carbocycles. The van der Waals surface area contributed by atoms with E-state index >= 15 is 0 Å². The van der Waals surface area contributed by atoms with Crippen LogP contribution < -0.4 is 10.2 Å². The molecule has 0 radical (unpaired) electrons. The molecule has 7 nitrogen and oxygen atoms in total. The number of carbonyl (C=O) groups is 1. The molecule has 5 rings (SSSR count). The Labute approximate surface area is 225 Å². The number of amides is 1. The lowest BCUT2D eigenvalue weighted by atomic mass is 10.1. The second kappa shape index (κ2) is 10.8. The van der Waals surface area contributed by atoms with Crippen LogP contribution in [0, 0.1) is 4.91 Å². The van der Waals surface area contributed by atoms with Gasteiger partial charge in [-0.05, 0) is 61.0 Å². The molecule has 1 unspecified atom stereocenters. The smallest absolute Gasteiger partial charge is 0.269 e. The molecule has 3 aromatic carbocycles. The average molecular weight is 530 g/mol. The van der Waals surface area contributed by atoms with Crippen molar-refractivity contribution in [3.63, 3.8) is 0 Å². The number of nitroso groups, excluding NO2 is 1. The fourth-order valence-corrected chi connectivity index (χ4v) is 6.57. The van der Waals surface area contributed by atoms with Gasteiger partial charge in [-0.3, -0.25) is 9.69 Å². The molecule has 0 aromatic heterocycles. The molecule has 2 aliphatic heterocycles. The summed E-state index contributed by atoms with van der Waals surface area (Å²) in [5.41, 5.74) is 4.39. The molecule has 1 atom stereocenters. The van der Waals surface area contributed by atoms with E-state index in [1.54, 1.807) is 23.6 Å². The van der Waals surface area contributed by atoms with Crippen molar-refractivity contribution in [3.05, 3.63) is 98.8 Å². The van der Waals surface area contributed by atoms with Crippen LogP contribution in [0.2, 0.25) is 0 Å². The van der Waals surface area contributed by atoms with Crippen LogP contribution in [0.4, 0.5) is 17.1 Å². The van der Waals surface area contributed by atoms with Crippen molar-refractivity contribution >= 4 is 51.7 Å². The Bertz CT molecular complexity index is 1410. The molecule has 0 saturated carbocycles. The van der Waals surface area contributed by atoms with Gasteiger partial charge in [-0.25, -0.2) is 4.99 Å². The van der Waals surface area contributed by atoms with E-state index in [2.05, 4.69) is 27.5 Å². The summed E-state index contributed by atoms with van der Waals surface area (Å²) in [6.07, 6.45) is 0. The van der Waals surface area contributed by atoms with Crippen LogP contribution in [0.3, 0.4) is 0 Å². The third kappa shape index (κ3) is 5.01. The minimum atomic E-state index is -0.493. The number of aliphatic imine (C=N–C) groups is 1. The Kier molecular flexibility index (Phi) is 7.34. The lowest BCUT2D eigenvalue weighted by Gasteiger charge is -2.17. The number of hydrogen-bond donors (Lipinski definition) is 1. The zero-order valence-corrected chi connectivity index (χ0v) is 22.5. The van der Waals surface area contributed by atoms with Crippen molar-refractivity contribution < 1.29 is 4.79 Å². The van der Waals surface area contributed by atoms with Gasteiger partial charge in [0.05, 0.1) is 28.6 Å². The van der Waals surface area contributed by atoms with E-state index in [1.807, 2.05) is 74.6 Å². The first-order valence-electron chi connectivity index (χ1n) is 12.1. The zero-order chi connectivity index (χ0) is 25.9. The van der Waals surface area contributed by atoms with Gasteiger partial charge in [-0.15, -0.1) is 0 Å². The molecule has 1 N–H and O–H groups in total. The Morgan fingerprint density at radius 3 is 2.49 bits per heavy atom. The van der Waals surface area contributed by atoms with Gasteiger partial charge in [0, 0.05) is 18.5 Å². The van der Waals surface area contributed by atoms with Crippen LogP contribution in [0.5, 0.6) is 0 Å². The Morgan fingerprint density at radius 2 is 1.76 bits per heavy atom. The maximum Gasteiger partial charge on any atom is 0.269 e. The molecule has 9 heteroatoms. The van der Waals surface area contributed by atoms with Crippen LogP contribution in [0.15, 0.2) is 97.8 Å². The number of fused-ring (bicyclic) bond motifs is 1. The summed E-state index contributed by atoms with van der Waals surface area (Å²) in [5, 5.41) is 8.02. The Morgan fingerprint density at radius 1 is 1.00 bits per heavy atom. The van der Waals surface area contributed by atoms with Crippen molar-refractivity contribution in [3.8, 4) is 0 Å². The molecule has 0 spiro atoms. The Hall–Kier alpha value is -3.56. The summed E-state index contributed by atoms with van der Waals surface area (Å²) in [5.74, 6) is -0.0705. The van der Waals surface area contributed by atoms with Gasteiger partial charge in [0.1, 0.15) is 10.9 Å². The average Bonchev–Trinajstić information content (AvgIpc) is 3.41. The van der Waals surface area contributed by atoms with E-state index in [4.69, 9.17) is 4.99 Å². The van der Waals surface area contributed by atoms with Crippen molar-refractivity contribution in [2.45, 2.75) is 31.3 Å². The first-order valence-corrected chi connectivity index (χ1v) is 13.7. The standard InChI is InChI=1S/C28H27N5O2S2/c1-4-29-21-15-14-20(18(2)31-35)16-22(21)30-28-33(17-19-10-6-5-7-11-19)26(34)25(37-28)27-32(3)23-12-8-9-13-24(23)36-27/h5-16,18,29H,4,17H2,1-3H3. The first kappa shape index (κ1) is 25.1. The zero-order valence-electron chi connectivity index (χ0n) is 20.8. The first-order chi connectivity index (χ1) is 18.0.